The van der Waals surface area contributed by atoms with Crippen LogP contribution in [0.4, 0.5) is 0 Å². The first kappa shape index (κ1) is 23.7. The Labute approximate surface area is 192 Å². The number of rotatable bonds is 9. The average molecular weight is 510 g/mol. The van der Waals surface area contributed by atoms with Crippen molar-refractivity contribution in [2.75, 3.05) is 26.2 Å². The number of benzene rings is 1. The zero-order valence-electron chi connectivity index (χ0n) is 17.7. The highest BCUT2D eigenvalue weighted by Crippen LogP contribution is 2.13. The Hall–Kier alpha value is -1.61. The van der Waals surface area contributed by atoms with E-state index in [1.54, 1.807) is 0 Å². The minimum absolute atomic E-state index is 0. The molecule has 2 N–H and O–H groups in total. The quantitative estimate of drug-likeness (QED) is 0.308. The first-order chi connectivity index (χ1) is 13.7. The lowest BCUT2D eigenvalue weighted by Crippen LogP contribution is -2.40. The summed E-state index contributed by atoms with van der Waals surface area (Å²) in [7, 11) is 0. The molecule has 1 fully saturated rings. The molecular weight excluding hydrogens is 475 g/mol. The van der Waals surface area contributed by atoms with E-state index in [9.17, 15) is 0 Å². The summed E-state index contributed by atoms with van der Waals surface area (Å²) in [4.78, 5) is 7.28. The fourth-order valence-corrected chi connectivity index (χ4v) is 3.52. The van der Waals surface area contributed by atoms with Crippen LogP contribution < -0.4 is 10.6 Å². The van der Waals surface area contributed by atoms with Gasteiger partial charge in [-0.25, -0.2) is 4.99 Å². The Bertz CT molecular complexity index is 707. The van der Waals surface area contributed by atoms with E-state index in [2.05, 4.69) is 58.7 Å². The van der Waals surface area contributed by atoms with Gasteiger partial charge < -0.3 is 10.6 Å². The molecule has 1 aromatic heterocycles. The van der Waals surface area contributed by atoms with Gasteiger partial charge in [-0.15, -0.1) is 24.0 Å². The summed E-state index contributed by atoms with van der Waals surface area (Å²) in [6.45, 7) is 11.2. The van der Waals surface area contributed by atoms with Gasteiger partial charge in [-0.3, -0.25) is 9.58 Å². The highest BCUT2D eigenvalue weighted by molar-refractivity contribution is 14.0. The summed E-state index contributed by atoms with van der Waals surface area (Å²) in [5.74, 6) is 1.34. The van der Waals surface area contributed by atoms with Gasteiger partial charge in [0.1, 0.15) is 0 Å². The smallest absolute Gasteiger partial charge is 0.191 e. The molecule has 0 spiro atoms. The number of nitrogens with zero attached hydrogens (tertiary/aromatic N) is 4. The Morgan fingerprint density at radius 2 is 1.86 bits per heavy atom. The second-order valence-electron chi connectivity index (χ2n) is 7.71. The molecule has 1 aromatic carbocycles. The topological polar surface area (TPSA) is 57.5 Å². The Balaban J connectivity index is 0.00000300. The highest BCUT2D eigenvalue weighted by atomic mass is 127. The largest absolute Gasteiger partial charge is 0.357 e. The SMILES string of the molecule is CCNC(=NCc1ccc(CN2CCCC2)cc1)NCC(C)Cn1cccn1.I. The van der Waals surface area contributed by atoms with E-state index in [1.807, 2.05) is 23.1 Å². The summed E-state index contributed by atoms with van der Waals surface area (Å²) in [5, 5.41) is 11.1. The van der Waals surface area contributed by atoms with Gasteiger partial charge in [0.25, 0.3) is 0 Å². The van der Waals surface area contributed by atoms with Crippen LogP contribution in [-0.2, 0) is 19.6 Å². The van der Waals surface area contributed by atoms with E-state index >= 15 is 0 Å². The van der Waals surface area contributed by atoms with Gasteiger partial charge in [0.15, 0.2) is 5.96 Å². The molecule has 7 heteroatoms. The van der Waals surface area contributed by atoms with Crippen LogP contribution >= 0.6 is 24.0 Å². The predicted octanol–water partition coefficient (Wildman–Crippen LogP) is 3.49. The van der Waals surface area contributed by atoms with Crippen LogP contribution in [0.3, 0.4) is 0 Å². The zero-order chi connectivity index (χ0) is 19.6. The summed E-state index contributed by atoms with van der Waals surface area (Å²) in [5.41, 5.74) is 2.64. The number of aliphatic imine (C=N–C) groups is 1. The molecule has 1 aliphatic heterocycles. The molecule has 0 saturated carbocycles. The third kappa shape index (κ3) is 8.34. The fraction of sp³-hybridized carbons (Fsp3) is 0.545. The highest BCUT2D eigenvalue weighted by Gasteiger charge is 2.11. The van der Waals surface area contributed by atoms with E-state index in [0.717, 1.165) is 32.1 Å². The van der Waals surface area contributed by atoms with Crippen LogP contribution in [0.5, 0.6) is 0 Å². The van der Waals surface area contributed by atoms with Crippen molar-refractivity contribution in [1.29, 1.82) is 0 Å². The third-order valence-electron chi connectivity index (χ3n) is 5.07. The molecule has 6 nitrogen and oxygen atoms in total. The minimum Gasteiger partial charge on any atom is -0.357 e. The molecule has 0 radical (unpaired) electrons. The second kappa shape index (κ2) is 12.8. The molecule has 3 rings (SSSR count). The summed E-state index contributed by atoms with van der Waals surface area (Å²) in [6.07, 6.45) is 6.51. The molecule has 1 unspecified atom stereocenters. The van der Waals surface area contributed by atoms with Gasteiger partial charge in [0.2, 0.25) is 0 Å². The monoisotopic (exact) mass is 510 g/mol. The molecule has 0 aliphatic carbocycles. The van der Waals surface area contributed by atoms with Crippen molar-refractivity contribution >= 4 is 29.9 Å². The molecule has 2 aromatic rings. The van der Waals surface area contributed by atoms with Gasteiger partial charge in [-0.05, 0) is 56.0 Å². The van der Waals surface area contributed by atoms with Crippen molar-refractivity contribution in [2.45, 2.75) is 46.3 Å². The van der Waals surface area contributed by atoms with Gasteiger partial charge in [-0.1, -0.05) is 31.2 Å². The van der Waals surface area contributed by atoms with Crippen molar-refractivity contribution in [2.24, 2.45) is 10.9 Å². The fourth-order valence-electron chi connectivity index (χ4n) is 3.52. The normalized spacial score (nSPS) is 15.7. The number of nitrogens with one attached hydrogen (secondary N) is 2. The van der Waals surface area contributed by atoms with Crippen LogP contribution in [0, 0.1) is 5.92 Å². The van der Waals surface area contributed by atoms with Crippen molar-refractivity contribution < 1.29 is 0 Å². The molecule has 29 heavy (non-hydrogen) atoms. The average Bonchev–Trinajstić information content (AvgIpc) is 3.39. The molecule has 0 amide bonds. The standard InChI is InChI=1S/C22H34N6.HI/c1-3-23-22(24-15-19(2)17-28-14-6-11-26-28)25-16-20-7-9-21(10-8-20)18-27-12-4-5-13-27;/h6-11,14,19H,3-5,12-13,15-18H2,1-2H3,(H2,23,24,25);1H. The van der Waals surface area contributed by atoms with Crippen molar-refractivity contribution in [1.82, 2.24) is 25.3 Å². The molecule has 2 heterocycles. The van der Waals surface area contributed by atoms with Gasteiger partial charge >= 0.3 is 0 Å². The van der Waals surface area contributed by atoms with Gasteiger partial charge in [0, 0.05) is 38.6 Å². The maximum absolute atomic E-state index is 4.75. The van der Waals surface area contributed by atoms with E-state index in [1.165, 1.54) is 37.1 Å². The lowest BCUT2D eigenvalue weighted by Gasteiger charge is -2.16. The maximum atomic E-state index is 4.75. The molecular formula is C22H35IN6. The number of hydrogen-bond donors (Lipinski definition) is 2. The first-order valence-corrected chi connectivity index (χ1v) is 10.5. The second-order valence-corrected chi connectivity index (χ2v) is 7.71. The van der Waals surface area contributed by atoms with Crippen molar-refractivity contribution in [3.63, 3.8) is 0 Å². The van der Waals surface area contributed by atoms with Crippen LogP contribution in [0.1, 0.15) is 37.8 Å². The molecule has 1 aliphatic rings. The van der Waals surface area contributed by atoms with E-state index < -0.39 is 0 Å². The van der Waals surface area contributed by atoms with Crippen molar-refractivity contribution in [3.8, 4) is 0 Å². The lowest BCUT2D eigenvalue weighted by atomic mass is 10.1. The molecule has 160 valence electrons. The van der Waals surface area contributed by atoms with E-state index in [-0.39, 0.29) is 24.0 Å². The Morgan fingerprint density at radius 3 is 2.52 bits per heavy atom. The zero-order valence-corrected chi connectivity index (χ0v) is 20.0. The summed E-state index contributed by atoms with van der Waals surface area (Å²) >= 11 is 0. The minimum atomic E-state index is 0. The lowest BCUT2D eigenvalue weighted by molar-refractivity contribution is 0.331. The maximum Gasteiger partial charge on any atom is 0.191 e. The number of halogens is 1. The van der Waals surface area contributed by atoms with Crippen molar-refractivity contribution in [3.05, 3.63) is 53.9 Å². The number of guanidine groups is 1. The van der Waals surface area contributed by atoms with Gasteiger partial charge in [-0.2, -0.15) is 5.10 Å². The van der Waals surface area contributed by atoms with E-state index in [4.69, 9.17) is 4.99 Å². The van der Waals surface area contributed by atoms with Crippen LogP contribution in [0.2, 0.25) is 0 Å². The molecule has 1 saturated heterocycles. The number of hydrogen-bond acceptors (Lipinski definition) is 3. The van der Waals surface area contributed by atoms with Crippen LogP contribution in [-0.4, -0.2) is 46.8 Å². The summed E-state index contributed by atoms with van der Waals surface area (Å²) in [6, 6.07) is 10.9. The summed E-state index contributed by atoms with van der Waals surface area (Å²) < 4.78 is 1.97. The number of aromatic nitrogens is 2. The Morgan fingerprint density at radius 1 is 1.14 bits per heavy atom. The van der Waals surface area contributed by atoms with Gasteiger partial charge in [0.05, 0.1) is 6.54 Å². The molecule has 1 atom stereocenters. The Kier molecular flexibility index (Phi) is 10.5. The first-order valence-electron chi connectivity index (χ1n) is 10.5. The predicted molar refractivity (Wildman–Crippen MR) is 131 cm³/mol. The van der Waals surface area contributed by atoms with Crippen LogP contribution in [0.25, 0.3) is 0 Å². The van der Waals surface area contributed by atoms with Crippen LogP contribution in [0.15, 0.2) is 47.7 Å². The number of likely N-dealkylation sites (tertiary alicyclic amines) is 1. The van der Waals surface area contributed by atoms with E-state index in [0.29, 0.717) is 12.5 Å². The third-order valence-corrected chi connectivity index (χ3v) is 5.07. The molecule has 0 bridgehead atoms.